The lowest BCUT2D eigenvalue weighted by molar-refractivity contribution is 0.0710. The van der Waals surface area contributed by atoms with Crippen molar-refractivity contribution in [2.75, 3.05) is 6.61 Å². The molecule has 1 fully saturated rings. The normalized spacial score (nSPS) is 20.0. The van der Waals surface area contributed by atoms with Gasteiger partial charge in [-0.15, -0.1) is 0 Å². The Bertz CT molecular complexity index is 790. The molecule has 2 N–H and O–H groups in total. The van der Waals surface area contributed by atoms with Crippen molar-refractivity contribution in [2.45, 2.75) is 51.7 Å². The van der Waals surface area contributed by atoms with Crippen LogP contribution in [-0.2, 0) is 0 Å². The number of carbonyl (C=O) groups excluding carboxylic acids is 1. The van der Waals surface area contributed by atoms with Gasteiger partial charge in [0.05, 0.1) is 24.3 Å². The zero-order valence-corrected chi connectivity index (χ0v) is 15.7. The van der Waals surface area contributed by atoms with E-state index in [0.717, 1.165) is 19.3 Å². The van der Waals surface area contributed by atoms with Crippen molar-refractivity contribution in [3.8, 4) is 17.1 Å². The highest BCUT2D eigenvalue weighted by atomic mass is 35.5. The van der Waals surface area contributed by atoms with Crippen molar-refractivity contribution < 1.29 is 19.2 Å². The zero-order valence-electron chi connectivity index (χ0n) is 14.9. The van der Waals surface area contributed by atoms with Crippen molar-refractivity contribution in [2.24, 2.45) is 0 Å². The molecule has 1 aliphatic carbocycles. The van der Waals surface area contributed by atoms with E-state index in [0.29, 0.717) is 40.7 Å². The molecule has 2 aromatic rings. The van der Waals surface area contributed by atoms with Gasteiger partial charge in [-0.3, -0.25) is 4.79 Å². The second kappa shape index (κ2) is 8.10. The Balaban J connectivity index is 1.85. The molecule has 0 bridgehead atoms. The molecule has 2 atom stereocenters. The fourth-order valence-corrected chi connectivity index (χ4v) is 3.44. The lowest BCUT2D eigenvalue weighted by Gasteiger charge is -2.28. The van der Waals surface area contributed by atoms with Gasteiger partial charge in [-0.2, -0.15) is 0 Å². The molecule has 140 valence electrons. The standard InChI is InChI=1S/C19H23ClN2O4/c1-3-25-16-10-12(20)8-9-13(16)18-11(2)17(22-26-18)19(24)21-14-6-4-5-7-15(14)23/h8-10,14-15,23H,3-7H2,1-2H3,(H,21,24). The van der Waals surface area contributed by atoms with Gasteiger partial charge >= 0.3 is 0 Å². The maximum atomic E-state index is 12.6. The van der Waals surface area contributed by atoms with Crippen LogP contribution in [0.3, 0.4) is 0 Å². The topological polar surface area (TPSA) is 84.6 Å². The second-order valence-corrected chi connectivity index (χ2v) is 6.93. The first kappa shape index (κ1) is 18.7. The predicted molar refractivity (Wildman–Crippen MR) is 98.6 cm³/mol. The molecular weight excluding hydrogens is 356 g/mol. The van der Waals surface area contributed by atoms with E-state index in [-0.39, 0.29) is 17.6 Å². The minimum Gasteiger partial charge on any atom is -0.493 e. The molecular formula is C19H23ClN2O4. The number of ether oxygens (including phenoxy) is 1. The van der Waals surface area contributed by atoms with E-state index < -0.39 is 6.10 Å². The number of aliphatic hydroxyl groups excluding tert-OH is 1. The summed E-state index contributed by atoms with van der Waals surface area (Å²) in [6, 6.07) is 4.98. The second-order valence-electron chi connectivity index (χ2n) is 6.49. The van der Waals surface area contributed by atoms with Crippen LogP contribution in [0.25, 0.3) is 11.3 Å². The molecule has 26 heavy (non-hydrogen) atoms. The monoisotopic (exact) mass is 378 g/mol. The van der Waals surface area contributed by atoms with E-state index in [9.17, 15) is 9.90 Å². The number of hydrogen-bond donors (Lipinski definition) is 2. The maximum absolute atomic E-state index is 12.6. The molecule has 3 rings (SSSR count). The summed E-state index contributed by atoms with van der Waals surface area (Å²) in [7, 11) is 0. The number of nitrogens with zero attached hydrogens (tertiary/aromatic N) is 1. The van der Waals surface area contributed by atoms with E-state index in [1.807, 2.05) is 6.92 Å². The fraction of sp³-hybridized carbons (Fsp3) is 0.474. The smallest absolute Gasteiger partial charge is 0.274 e. The molecule has 6 nitrogen and oxygen atoms in total. The third-order valence-corrected chi connectivity index (χ3v) is 4.91. The Morgan fingerprint density at radius 1 is 1.42 bits per heavy atom. The van der Waals surface area contributed by atoms with Crippen molar-refractivity contribution in [1.82, 2.24) is 10.5 Å². The summed E-state index contributed by atoms with van der Waals surface area (Å²) in [4.78, 5) is 12.6. The highest BCUT2D eigenvalue weighted by molar-refractivity contribution is 6.30. The Morgan fingerprint density at radius 2 is 2.19 bits per heavy atom. The SMILES string of the molecule is CCOc1cc(Cl)ccc1-c1onc(C(=O)NC2CCCCC2O)c1C. The summed E-state index contributed by atoms with van der Waals surface area (Å²) in [5.74, 6) is 0.712. The summed E-state index contributed by atoms with van der Waals surface area (Å²) < 4.78 is 11.1. The third-order valence-electron chi connectivity index (χ3n) is 4.67. The van der Waals surface area contributed by atoms with Gasteiger partial charge in [-0.1, -0.05) is 29.6 Å². The van der Waals surface area contributed by atoms with Gasteiger partial charge in [0.15, 0.2) is 11.5 Å². The summed E-state index contributed by atoms with van der Waals surface area (Å²) in [6.07, 6.45) is 2.93. The van der Waals surface area contributed by atoms with Crippen LogP contribution in [0.5, 0.6) is 5.75 Å². The molecule has 1 saturated carbocycles. The molecule has 0 spiro atoms. The molecule has 1 aromatic carbocycles. The van der Waals surface area contributed by atoms with E-state index in [1.54, 1.807) is 25.1 Å². The van der Waals surface area contributed by atoms with Gasteiger partial charge in [-0.25, -0.2) is 0 Å². The summed E-state index contributed by atoms with van der Waals surface area (Å²) in [6.45, 7) is 4.14. The minimum atomic E-state index is -0.514. The predicted octanol–water partition coefficient (Wildman–Crippen LogP) is 3.74. The quantitative estimate of drug-likeness (QED) is 0.827. The zero-order chi connectivity index (χ0) is 18.7. The Kier molecular flexibility index (Phi) is 5.84. The van der Waals surface area contributed by atoms with Crippen molar-refractivity contribution in [3.05, 3.63) is 34.5 Å². The van der Waals surface area contributed by atoms with Crippen molar-refractivity contribution in [1.29, 1.82) is 0 Å². The molecule has 0 radical (unpaired) electrons. The molecule has 7 heteroatoms. The minimum absolute atomic E-state index is 0.218. The number of aromatic nitrogens is 1. The number of rotatable bonds is 5. The maximum Gasteiger partial charge on any atom is 0.274 e. The number of amides is 1. The number of halogens is 1. The molecule has 2 unspecified atom stereocenters. The number of nitrogens with one attached hydrogen (secondary N) is 1. The number of hydrogen-bond acceptors (Lipinski definition) is 5. The molecule has 1 aliphatic rings. The van der Waals surface area contributed by atoms with Crippen LogP contribution in [0.15, 0.2) is 22.7 Å². The summed E-state index contributed by atoms with van der Waals surface area (Å²) in [5.41, 5.74) is 1.53. The molecule has 1 amide bonds. The van der Waals surface area contributed by atoms with Gasteiger partial charge in [0.25, 0.3) is 5.91 Å². The van der Waals surface area contributed by atoms with Crippen molar-refractivity contribution >= 4 is 17.5 Å². The summed E-state index contributed by atoms with van der Waals surface area (Å²) in [5, 5.41) is 17.4. The molecule has 0 saturated heterocycles. The Morgan fingerprint density at radius 3 is 2.92 bits per heavy atom. The third kappa shape index (κ3) is 3.86. The molecule has 1 aromatic heterocycles. The van der Waals surface area contributed by atoms with Gasteiger partial charge in [0.2, 0.25) is 0 Å². The molecule has 0 aliphatic heterocycles. The average Bonchev–Trinajstić information content (AvgIpc) is 2.99. The Labute approximate surface area is 157 Å². The number of carbonyl (C=O) groups is 1. The van der Waals surface area contributed by atoms with Gasteiger partial charge < -0.3 is 19.7 Å². The first-order valence-electron chi connectivity index (χ1n) is 8.89. The lowest BCUT2D eigenvalue weighted by atomic mass is 9.92. The van der Waals surface area contributed by atoms with Gasteiger partial charge in [-0.05, 0) is 44.9 Å². The first-order chi connectivity index (χ1) is 12.5. The van der Waals surface area contributed by atoms with Crippen LogP contribution >= 0.6 is 11.6 Å². The van der Waals surface area contributed by atoms with E-state index in [2.05, 4.69) is 10.5 Å². The van der Waals surface area contributed by atoms with Gasteiger partial charge in [0, 0.05) is 10.6 Å². The van der Waals surface area contributed by atoms with E-state index in [4.69, 9.17) is 20.9 Å². The van der Waals surface area contributed by atoms with Crippen LogP contribution < -0.4 is 10.1 Å². The average molecular weight is 379 g/mol. The van der Waals surface area contributed by atoms with Crippen LogP contribution in [0.4, 0.5) is 0 Å². The van der Waals surface area contributed by atoms with Crippen LogP contribution in [0, 0.1) is 6.92 Å². The van der Waals surface area contributed by atoms with Crippen LogP contribution in [0.2, 0.25) is 5.02 Å². The largest absolute Gasteiger partial charge is 0.493 e. The van der Waals surface area contributed by atoms with Gasteiger partial charge in [0.1, 0.15) is 5.75 Å². The molecule has 1 heterocycles. The van der Waals surface area contributed by atoms with E-state index >= 15 is 0 Å². The number of benzene rings is 1. The van der Waals surface area contributed by atoms with Crippen LogP contribution in [0.1, 0.15) is 48.7 Å². The fourth-order valence-electron chi connectivity index (χ4n) is 3.27. The van der Waals surface area contributed by atoms with E-state index in [1.165, 1.54) is 0 Å². The number of aliphatic hydroxyl groups is 1. The highest BCUT2D eigenvalue weighted by Gasteiger charge is 2.28. The first-order valence-corrected chi connectivity index (χ1v) is 9.27. The highest BCUT2D eigenvalue weighted by Crippen LogP contribution is 2.35. The Hall–Kier alpha value is -2.05. The van der Waals surface area contributed by atoms with Crippen molar-refractivity contribution in [3.63, 3.8) is 0 Å². The summed E-state index contributed by atoms with van der Waals surface area (Å²) >= 11 is 6.04. The lowest BCUT2D eigenvalue weighted by Crippen LogP contribution is -2.45. The van der Waals surface area contributed by atoms with Crippen LogP contribution in [-0.4, -0.2) is 34.9 Å².